The molecule has 2 rings (SSSR count). The van der Waals surface area contributed by atoms with Crippen LogP contribution < -0.4 is 5.32 Å². The number of nitrogens with one attached hydrogen (secondary N) is 1. The van der Waals surface area contributed by atoms with E-state index in [4.69, 9.17) is 0 Å². The Morgan fingerprint density at radius 1 is 1.05 bits per heavy atom. The molecule has 0 saturated carbocycles. The molecule has 0 spiro atoms. The van der Waals surface area contributed by atoms with Gasteiger partial charge >= 0.3 is 5.97 Å². The van der Waals surface area contributed by atoms with Crippen molar-refractivity contribution in [2.75, 3.05) is 12.4 Å². The highest BCUT2D eigenvalue weighted by molar-refractivity contribution is 5.96. The van der Waals surface area contributed by atoms with Gasteiger partial charge in [-0.3, -0.25) is 4.79 Å². The summed E-state index contributed by atoms with van der Waals surface area (Å²) < 4.78 is 4.64. The maximum atomic E-state index is 12.4. The molecule has 0 aliphatic rings. The number of methoxy groups -OCH3 is 1. The highest BCUT2D eigenvalue weighted by Gasteiger charge is 2.18. The fraction of sp³-hybridized carbons (Fsp3) is 0.222. The number of ether oxygens (including phenoxy) is 1. The molecule has 0 unspecified atom stereocenters. The van der Waals surface area contributed by atoms with Gasteiger partial charge in [-0.15, -0.1) is 0 Å². The van der Waals surface area contributed by atoms with E-state index in [1.807, 2.05) is 37.3 Å². The second-order valence-corrected chi connectivity index (χ2v) is 4.93. The van der Waals surface area contributed by atoms with Gasteiger partial charge in [0.05, 0.1) is 18.6 Å². The molecular formula is C18H19NO3. The molecule has 1 atom stereocenters. The lowest BCUT2D eigenvalue weighted by atomic mass is 9.95. The van der Waals surface area contributed by atoms with Gasteiger partial charge in [0.1, 0.15) is 0 Å². The SMILES string of the molecule is CC[C@H](C(=O)Nc1ccc(C(=O)OC)cc1)c1ccccc1. The second-order valence-electron chi connectivity index (χ2n) is 4.93. The summed E-state index contributed by atoms with van der Waals surface area (Å²) in [4.78, 5) is 23.8. The second kappa shape index (κ2) is 7.41. The van der Waals surface area contributed by atoms with E-state index in [0.29, 0.717) is 11.3 Å². The first-order valence-electron chi connectivity index (χ1n) is 7.20. The number of carbonyl (C=O) groups is 2. The molecule has 0 aliphatic heterocycles. The summed E-state index contributed by atoms with van der Waals surface area (Å²) in [6, 6.07) is 16.3. The fourth-order valence-corrected chi connectivity index (χ4v) is 2.29. The average Bonchev–Trinajstić information content (AvgIpc) is 2.56. The Balaban J connectivity index is 2.09. The first-order chi connectivity index (χ1) is 10.7. The van der Waals surface area contributed by atoms with Crippen LogP contribution in [0.1, 0.15) is 35.2 Å². The van der Waals surface area contributed by atoms with Crippen molar-refractivity contribution in [2.24, 2.45) is 0 Å². The quantitative estimate of drug-likeness (QED) is 0.858. The summed E-state index contributed by atoms with van der Waals surface area (Å²) in [5.41, 5.74) is 2.11. The number of carbonyl (C=O) groups excluding carboxylic acids is 2. The minimum Gasteiger partial charge on any atom is -0.465 e. The van der Waals surface area contributed by atoms with Gasteiger partial charge in [-0.05, 0) is 36.2 Å². The van der Waals surface area contributed by atoms with Crippen molar-refractivity contribution < 1.29 is 14.3 Å². The van der Waals surface area contributed by atoms with Gasteiger partial charge in [0.2, 0.25) is 5.91 Å². The van der Waals surface area contributed by atoms with Crippen LogP contribution in [0.4, 0.5) is 5.69 Å². The van der Waals surface area contributed by atoms with Gasteiger partial charge in [0.15, 0.2) is 0 Å². The molecule has 22 heavy (non-hydrogen) atoms. The third-order valence-electron chi connectivity index (χ3n) is 3.50. The van der Waals surface area contributed by atoms with Gasteiger partial charge in [0.25, 0.3) is 0 Å². The van der Waals surface area contributed by atoms with E-state index in [9.17, 15) is 9.59 Å². The summed E-state index contributed by atoms with van der Waals surface area (Å²) in [7, 11) is 1.34. The Bertz CT molecular complexity index is 635. The fourth-order valence-electron chi connectivity index (χ4n) is 2.29. The van der Waals surface area contributed by atoms with E-state index >= 15 is 0 Å². The van der Waals surface area contributed by atoms with E-state index in [1.54, 1.807) is 24.3 Å². The molecule has 4 nitrogen and oxygen atoms in total. The molecule has 1 amide bonds. The molecule has 0 bridgehead atoms. The number of anilines is 1. The van der Waals surface area contributed by atoms with E-state index in [-0.39, 0.29) is 11.8 Å². The van der Waals surface area contributed by atoms with Crippen molar-refractivity contribution in [1.29, 1.82) is 0 Å². The minimum absolute atomic E-state index is 0.0560. The number of rotatable bonds is 5. The van der Waals surface area contributed by atoms with Gasteiger partial charge in [-0.2, -0.15) is 0 Å². The van der Waals surface area contributed by atoms with E-state index in [2.05, 4.69) is 10.1 Å². The van der Waals surface area contributed by atoms with Crippen molar-refractivity contribution in [2.45, 2.75) is 19.3 Å². The summed E-state index contributed by atoms with van der Waals surface area (Å²) in [5.74, 6) is -0.644. The number of esters is 1. The molecule has 114 valence electrons. The molecular weight excluding hydrogens is 278 g/mol. The Morgan fingerprint density at radius 3 is 2.23 bits per heavy atom. The topological polar surface area (TPSA) is 55.4 Å². The summed E-state index contributed by atoms with van der Waals surface area (Å²) >= 11 is 0. The number of benzene rings is 2. The number of amides is 1. The van der Waals surface area contributed by atoms with Crippen LogP contribution in [0.5, 0.6) is 0 Å². The normalized spacial score (nSPS) is 11.5. The van der Waals surface area contributed by atoms with Crippen LogP contribution in [0.3, 0.4) is 0 Å². The van der Waals surface area contributed by atoms with Crippen molar-refractivity contribution in [3.63, 3.8) is 0 Å². The van der Waals surface area contributed by atoms with Crippen LogP contribution in [-0.4, -0.2) is 19.0 Å². The maximum Gasteiger partial charge on any atom is 0.337 e. The highest BCUT2D eigenvalue weighted by atomic mass is 16.5. The lowest BCUT2D eigenvalue weighted by Gasteiger charge is -2.15. The first kappa shape index (κ1) is 15.8. The summed E-state index contributed by atoms with van der Waals surface area (Å²) in [6.45, 7) is 1.98. The van der Waals surface area contributed by atoms with Gasteiger partial charge in [0, 0.05) is 5.69 Å². The summed E-state index contributed by atoms with van der Waals surface area (Å²) in [6.07, 6.45) is 0.718. The van der Waals surface area contributed by atoms with Crippen LogP contribution in [0.25, 0.3) is 0 Å². The average molecular weight is 297 g/mol. The Morgan fingerprint density at radius 2 is 1.68 bits per heavy atom. The van der Waals surface area contributed by atoms with Gasteiger partial charge < -0.3 is 10.1 Å². The molecule has 4 heteroatoms. The molecule has 2 aromatic carbocycles. The Labute approximate surface area is 130 Å². The zero-order valence-electron chi connectivity index (χ0n) is 12.7. The monoisotopic (exact) mass is 297 g/mol. The molecule has 0 saturated heterocycles. The molecule has 0 aromatic heterocycles. The first-order valence-corrected chi connectivity index (χ1v) is 7.20. The van der Waals surface area contributed by atoms with Crippen LogP contribution >= 0.6 is 0 Å². The lowest BCUT2D eigenvalue weighted by Crippen LogP contribution is -2.20. The molecule has 0 aliphatic carbocycles. The van der Waals surface area contributed by atoms with Gasteiger partial charge in [-0.25, -0.2) is 4.79 Å². The molecule has 1 N–H and O–H groups in total. The lowest BCUT2D eigenvalue weighted by molar-refractivity contribution is -0.117. The van der Waals surface area contributed by atoms with Gasteiger partial charge in [-0.1, -0.05) is 37.3 Å². The maximum absolute atomic E-state index is 12.4. The zero-order chi connectivity index (χ0) is 15.9. The highest BCUT2D eigenvalue weighted by Crippen LogP contribution is 2.21. The van der Waals surface area contributed by atoms with E-state index < -0.39 is 5.97 Å². The Hall–Kier alpha value is -2.62. The predicted molar refractivity (Wildman–Crippen MR) is 85.9 cm³/mol. The van der Waals surface area contributed by atoms with Crippen molar-refractivity contribution >= 4 is 17.6 Å². The van der Waals surface area contributed by atoms with E-state index in [0.717, 1.165) is 12.0 Å². The molecule has 0 radical (unpaired) electrons. The number of hydrogen-bond donors (Lipinski definition) is 1. The van der Waals surface area contributed by atoms with Crippen LogP contribution in [-0.2, 0) is 9.53 Å². The minimum atomic E-state index is -0.395. The molecule has 2 aromatic rings. The van der Waals surface area contributed by atoms with Crippen molar-refractivity contribution in [3.05, 3.63) is 65.7 Å². The smallest absolute Gasteiger partial charge is 0.337 e. The van der Waals surface area contributed by atoms with Crippen LogP contribution in [0, 0.1) is 0 Å². The van der Waals surface area contributed by atoms with Crippen LogP contribution in [0.15, 0.2) is 54.6 Å². The van der Waals surface area contributed by atoms with Crippen LogP contribution in [0.2, 0.25) is 0 Å². The number of hydrogen-bond acceptors (Lipinski definition) is 3. The largest absolute Gasteiger partial charge is 0.465 e. The zero-order valence-corrected chi connectivity index (χ0v) is 12.7. The summed E-state index contributed by atoms with van der Waals surface area (Å²) in [5, 5.41) is 2.88. The van der Waals surface area contributed by atoms with Crippen molar-refractivity contribution in [1.82, 2.24) is 0 Å². The molecule has 0 heterocycles. The molecule has 0 fully saturated rings. The third kappa shape index (κ3) is 3.73. The standard InChI is InChI=1S/C18H19NO3/c1-3-16(13-7-5-4-6-8-13)17(20)19-15-11-9-14(10-12-15)18(21)22-2/h4-12,16H,3H2,1-2H3,(H,19,20)/t16-/m0/s1. The predicted octanol–water partition coefficient (Wildman–Crippen LogP) is 3.61. The third-order valence-corrected chi connectivity index (χ3v) is 3.50. The Kier molecular flexibility index (Phi) is 5.31. The van der Waals surface area contributed by atoms with Crippen molar-refractivity contribution in [3.8, 4) is 0 Å². The van der Waals surface area contributed by atoms with E-state index in [1.165, 1.54) is 7.11 Å².